The Hall–Kier alpha value is -2.05. The molecule has 0 atom stereocenters. The number of ether oxygens (including phenoxy) is 1. The van der Waals surface area contributed by atoms with Crippen molar-refractivity contribution < 1.29 is 9.53 Å². The SMILES string of the molecule is COc1cccc(CN2CCN(C(=O)Cn3ncc(Cl)c3C)CC2)c1. The summed E-state index contributed by atoms with van der Waals surface area (Å²) >= 11 is 5.99. The molecule has 0 spiro atoms. The molecule has 25 heavy (non-hydrogen) atoms. The van der Waals surface area contributed by atoms with Gasteiger partial charge >= 0.3 is 0 Å². The molecular weight excluding hydrogens is 340 g/mol. The third kappa shape index (κ3) is 4.32. The summed E-state index contributed by atoms with van der Waals surface area (Å²) in [5.74, 6) is 0.962. The van der Waals surface area contributed by atoms with Crippen LogP contribution in [0.2, 0.25) is 5.02 Å². The minimum atomic E-state index is 0.0869. The molecule has 0 N–H and O–H groups in total. The van der Waals surface area contributed by atoms with Crippen molar-refractivity contribution in [3.63, 3.8) is 0 Å². The van der Waals surface area contributed by atoms with Crippen molar-refractivity contribution in [2.75, 3.05) is 33.3 Å². The Morgan fingerprint density at radius 3 is 2.68 bits per heavy atom. The minimum Gasteiger partial charge on any atom is -0.497 e. The van der Waals surface area contributed by atoms with Crippen molar-refractivity contribution in [1.29, 1.82) is 0 Å². The van der Waals surface area contributed by atoms with Gasteiger partial charge in [-0.1, -0.05) is 23.7 Å². The van der Waals surface area contributed by atoms with Gasteiger partial charge in [0, 0.05) is 32.7 Å². The molecule has 6 nitrogen and oxygen atoms in total. The number of methoxy groups -OCH3 is 1. The minimum absolute atomic E-state index is 0.0869. The molecule has 7 heteroatoms. The van der Waals surface area contributed by atoms with Gasteiger partial charge in [-0.25, -0.2) is 0 Å². The third-order valence-electron chi connectivity index (χ3n) is 4.59. The lowest BCUT2D eigenvalue weighted by atomic mass is 10.2. The summed E-state index contributed by atoms with van der Waals surface area (Å²) in [5, 5.41) is 4.75. The van der Waals surface area contributed by atoms with Gasteiger partial charge in [0.05, 0.1) is 24.0 Å². The number of amides is 1. The molecule has 0 aliphatic carbocycles. The molecule has 0 radical (unpaired) electrons. The standard InChI is InChI=1S/C18H23ClN4O2/c1-14-17(19)11-20-23(14)13-18(24)22-8-6-21(7-9-22)12-15-4-3-5-16(10-15)25-2/h3-5,10-11H,6-9,12-13H2,1-2H3. The van der Waals surface area contributed by atoms with E-state index in [0.29, 0.717) is 5.02 Å². The highest BCUT2D eigenvalue weighted by molar-refractivity contribution is 6.31. The molecule has 1 aliphatic heterocycles. The molecule has 1 aromatic heterocycles. The Bertz CT molecular complexity index is 738. The van der Waals surface area contributed by atoms with Crippen LogP contribution in [0.1, 0.15) is 11.3 Å². The van der Waals surface area contributed by atoms with Crippen molar-refractivity contribution in [3.8, 4) is 5.75 Å². The van der Waals surface area contributed by atoms with E-state index in [9.17, 15) is 4.79 Å². The van der Waals surface area contributed by atoms with Gasteiger partial charge in [-0.05, 0) is 24.6 Å². The number of carbonyl (C=O) groups is 1. The molecule has 1 fully saturated rings. The van der Waals surface area contributed by atoms with Crippen LogP contribution in [0.5, 0.6) is 5.75 Å². The molecule has 1 saturated heterocycles. The number of piperazine rings is 1. The smallest absolute Gasteiger partial charge is 0.244 e. The molecule has 2 heterocycles. The number of carbonyl (C=O) groups excluding carboxylic acids is 1. The fourth-order valence-electron chi connectivity index (χ4n) is 3.00. The second-order valence-corrected chi connectivity index (χ2v) is 6.65. The summed E-state index contributed by atoms with van der Waals surface area (Å²) in [6.07, 6.45) is 1.58. The molecule has 134 valence electrons. The van der Waals surface area contributed by atoms with E-state index in [1.165, 1.54) is 5.56 Å². The van der Waals surface area contributed by atoms with Crippen LogP contribution in [0.15, 0.2) is 30.5 Å². The van der Waals surface area contributed by atoms with Gasteiger partial charge in [-0.15, -0.1) is 0 Å². The van der Waals surface area contributed by atoms with Crippen LogP contribution in [-0.4, -0.2) is 58.8 Å². The van der Waals surface area contributed by atoms with E-state index in [-0.39, 0.29) is 12.5 Å². The number of nitrogens with zero attached hydrogens (tertiary/aromatic N) is 4. The number of benzene rings is 1. The predicted molar refractivity (Wildman–Crippen MR) is 96.8 cm³/mol. The summed E-state index contributed by atoms with van der Waals surface area (Å²) in [6.45, 7) is 6.17. The van der Waals surface area contributed by atoms with Crippen molar-refractivity contribution in [1.82, 2.24) is 19.6 Å². The van der Waals surface area contributed by atoms with E-state index in [2.05, 4.69) is 22.1 Å². The molecular formula is C18H23ClN4O2. The number of halogens is 1. The second-order valence-electron chi connectivity index (χ2n) is 6.24. The monoisotopic (exact) mass is 362 g/mol. The van der Waals surface area contributed by atoms with E-state index < -0.39 is 0 Å². The molecule has 1 aliphatic rings. The predicted octanol–water partition coefficient (Wildman–Crippen LogP) is 2.20. The van der Waals surface area contributed by atoms with Crippen LogP contribution in [0.4, 0.5) is 0 Å². The highest BCUT2D eigenvalue weighted by atomic mass is 35.5. The molecule has 2 aromatic rings. The zero-order chi connectivity index (χ0) is 17.8. The van der Waals surface area contributed by atoms with Crippen LogP contribution in [0.3, 0.4) is 0 Å². The number of aromatic nitrogens is 2. The average Bonchev–Trinajstić information content (AvgIpc) is 2.94. The lowest BCUT2D eigenvalue weighted by molar-refractivity contribution is -0.133. The van der Waals surface area contributed by atoms with Gasteiger partial charge in [0.2, 0.25) is 5.91 Å². The maximum Gasteiger partial charge on any atom is 0.244 e. The van der Waals surface area contributed by atoms with Gasteiger partial charge in [-0.2, -0.15) is 5.10 Å². The van der Waals surface area contributed by atoms with Gasteiger partial charge < -0.3 is 9.64 Å². The van der Waals surface area contributed by atoms with Gasteiger partial charge in [-0.3, -0.25) is 14.4 Å². The molecule has 0 unspecified atom stereocenters. The first-order valence-electron chi connectivity index (χ1n) is 8.38. The zero-order valence-corrected chi connectivity index (χ0v) is 15.4. The molecule has 0 saturated carbocycles. The molecule has 0 bridgehead atoms. The Kier molecular flexibility index (Phi) is 5.60. The van der Waals surface area contributed by atoms with Crippen LogP contribution in [0, 0.1) is 6.92 Å². The van der Waals surface area contributed by atoms with E-state index in [1.807, 2.05) is 24.0 Å². The average molecular weight is 363 g/mol. The Morgan fingerprint density at radius 1 is 1.28 bits per heavy atom. The topological polar surface area (TPSA) is 50.6 Å². The number of rotatable bonds is 5. The fourth-order valence-corrected chi connectivity index (χ4v) is 3.14. The summed E-state index contributed by atoms with van der Waals surface area (Å²) in [6, 6.07) is 8.11. The molecule has 3 rings (SSSR count). The largest absolute Gasteiger partial charge is 0.497 e. The first-order chi connectivity index (χ1) is 12.1. The van der Waals surface area contributed by atoms with Crippen LogP contribution >= 0.6 is 11.6 Å². The van der Waals surface area contributed by atoms with Crippen molar-refractivity contribution in [2.24, 2.45) is 0 Å². The normalized spacial score (nSPS) is 15.4. The van der Waals surface area contributed by atoms with E-state index in [4.69, 9.17) is 16.3 Å². The van der Waals surface area contributed by atoms with Gasteiger partial charge in [0.1, 0.15) is 12.3 Å². The van der Waals surface area contributed by atoms with E-state index in [0.717, 1.165) is 44.2 Å². The highest BCUT2D eigenvalue weighted by Crippen LogP contribution is 2.16. The van der Waals surface area contributed by atoms with Gasteiger partial charge in [0.15, 0.2) is 0 Å². The number of hydrogen-bond acceptors (Lipinski definition) is 4. The maximum absolute atomic E-state index is 12.5. The first-order valence-corrected chi connectivity index (χ1v) is 8.75. The first kappa shape index (κ1) is 17.8. The number of hydrogen-bond donors (Lipinski definition) is 0. The Labute approximate surface area is 152 Å². The van der Waals surface area contributed by atoms with E-state index in [1.54, 1.807) is 18.0 Å². The zero-order valence-electron chi connectivity index (χ0n) is 14.6. The fraction of sp³-hybridized carbons (Fsp3) is 0.444. The maximum atomic E-state index is 12.5. The Morgan fingerprint density at radius 2 is 2.04 bits per heavy atom. The van der Waals surface area contributed by atoms with Crippen molar-refractivity contribution >= 4 is 17.5 Å². The molecule has 1 amide bonds. The summed E-state index contributed by atoms with van der Waals surface area (Å²) in [7, 11) is 1.68. The van der Waals surface area contributed by atoms with Crippen LogP contribution in [-0.2, 0) is 17.9 Å². The second kappa shape index (κ2) is 7.89. The van der Waals surface area contributed by atoms with Crippen molar-refractivity contribution in [2.45, 2.75) is 20.0 Å². The third-order valence-corrected chi connectivity index (χ3v) is 4.96. The van der Waals surface area contributed by atoms with E-state index >= 15 is 0 Å². The quantitative estimate of drug-likeness (QED) is 0.818. The Balaban J connectivity index is 1.51. The van der Waals surface area contributed by atoms with Crippen molar-refractivity contribution in [3.05, 3.63) is 46.7 Å². The van der Waals surface area contributed by atoms with Crippen LogP contribution in [0.25, 0.3) is 0 Å². The summed E-state index contributed by atoms with van der Waals surface area (Å²) < 4.78 is 6.93. The lowest BCUT2D eigenvalue weighted by Crippen LogP contribution is -2.49. The van der Waals surface area contributed by atoms with Gasteiger partial charge in [0.25, 0.3) is 0 Å². The molecule has 1 aromatic carbocycles. The summed E-state index contributed by atoms with van der Waals surface area (Å²) in [4.78, 5) is 16.7. The highest BCUT2D eigenvalue weighted by Gasteiger charge is 2.22. The lowest BCUT2D eigenvalue weighted by Gasteiger charge is -2.34. The van der Waals surface area contributed by atoms with Crippen LogP contribution < -0.4 is 4.74 Å². The summed E-state index contributed by atoms with van der Waals surface area (Å²) in [5.41, 5.74) is 2.05.